The van der Waals surface area contributed by atoms with E-state index in [0.29, 0.717) is 22.0 Å². The van der Waals surface area contributed by atoms with Crippen LogP contribution in [0.2, 0.25) is 5.02 Å². The number of anilines is 1. The minimum atomic E-state index is -0.0559. The van der Waals surface area contributed by atoms with Crippen molar-refractivity contribution in [3.63, 3.8) is 0 Å². The lowest BCUT2D eigenvalue weighted by molar-refractivity contribution is 0.374. The summed E-state index contributed by atoms with van der Waals surface area (Å²) in [6.07, 6.45) is 0. The Morgan fingerprint density at radius 1 is 1.47 bits per heavy atom. The zero-order chi connectivity index (χ0) is 12.6. The largest absolute Gasteiger partial charge is 0.504 e. The van der Waals surface area contributed by atoms with Gasteiger partial charge in [0.2, 0.25) is 5.88 Å². The van der Waals surface area contributed by atoms with Gasteiger partial charge in [0.15, 0.2) is 11.5 Å². The number of rotatable bonds is 2. The van der Waals surface area contributed by atoms with E-state index in [9.17, 15) is 5.11 Å². The topological polar surface area (TPSA) is 81.5 Å². The summed E-state index contributed by atoms with van der Waals surface area (Å²) in [5.41, 5.74) is 7.23. The zero-order valence-corrected chi connectivity index (χ0v) is 10.1. The second-order valence-electron chi connectivity index (χ2n) is 3.53. The predicted molar refractivity (Wildman–Crippen MR) is 64.3 cm³/mol. The third-order valence-electron chi connectivity index (χ3n) is 2.45. The highest BCUT2D eigenvalue weighted by Crippen LogP contribution is 2.43. The Kier molecular flexibility index (Phi) is 2.85. The van der Waals surface area contributed by atoms with Crippen LogP contribution in [-0.2, 0) is 0 Å². The first kappa shape index (κ1) is 11.6. The molecule has 1 aromatic carbocycles. The molecular weight excluding hydrogens is 244 g/mol. The van der Waals surface area contributed by atoms with Crippen LogP contribution in [0.15, 0.2) is 16.7 Å². The molecule has 90 valence electrons. The monoisotopic (exact) mass is 254 g/mol. The van der Waals surface area contributed by atoms with E-state index in [0.717, 1.165) is 5.56 Å². The van der Waals surface area contributed by atoms with Gasteiger partial charge in [0.25, 0.3) is 0 Å². The van der Waals surface area contributed by atoms with Crippen LogP contribution in [0.1, 0.15) is 5.56 Å². The molecule has 1 aromatic heterocycles. The molecule has 0 amide bonds. The van der Waals surface area contributed by atoms with E-state index in [2.05, 4.69) is 5.16 Å². The van der Waals surface area contributed by atoms with E-state index in [-0.39, 0.29) is 11.6 Å². The van der Waals surface area contributed by atoms with Crippen LogP contribution in [0.4, 0.5) is 5.88 Å². The van der Waals surface area contributed by atoms with Crippen LogP contribution >= 0.6 is 11.6 Å². The van der Waals surface area contributed by atoms with E-state index in [1.54, 1.807) is 13.0 Å². The van der Waals surface area contributed by atoms with E-state index in [4.69, 9.17) is 26.6 Å². The van der Waals surface area contributed by atoms with E-state index in [1.165, 1.54) is 13.2 Å². The number of methoxy groups -OCH3 is 1. The molecule has 2 rings (SSSR count). The SMILES string of the molecule is COc1c(O)cc(Cl)c(C)c1-c1cc(N)on1. The van der Waals surface area contributed by atoms with Crippen molar-refractivity contribution in [2.24, 2.45) is 0 Å². The fourth-order valence-electron chi connectivity index (χ4n) is 1.63. The smallest absolute Gasteiger partial charge is 0.222 e. The highest BCUT2D eigenvalue weighted by Gasteiger charge is 2.19. The fourth-order valence-corrected chi connectivity index (χ4v) is 1.83. The lowest BCUT2D eigenvalue weighted by atomic mass is 10.0. The van der Waals surface area contributed by atoms with Crippen LogP contribution in [-0.4, -0.2) is 17.4 Å². The van der Waals surface area contributed by atoms with Crippen molar-refractivity contribution in [3.05, 3.63) is 22.7 Å². The van der Waals surface area contributed by atoms with E-state index in [1.807, 2.05) is 0 Å². The third kappa shape index (κ3) is 1.89. The summed E-state index contributed by atoms with van der Waals surface area (Å²) in [4.78, 5) is 0. The Bertz CT molecular complexity index is 566. The number of nitrogen functional groups attached to an aromatic ring is 1. The highest BCUT2D eigenvalue weighted by atomic mass is 35.5. The number of nitrogens with zero attached hydrogens (tertiary/aromatic N) is 1. The number of hydrogen-bond donors (Lipinski definition) is 2. The molecule has 1 heterocycles. The van der Waals surface area contributed by atoms with Crippen molar-refractivity contribution in [1.82, 2.24) is 5.16 Å². The molecule has 0 aliphatic heterocycles. The molecule has 0 bridgehead atoms. The Morgan fingerprint density at radius 2 is 2.18 bits per heavy atom. The van der Waals surface area contributed by atoms with Gasteiger partial charge in [0.1, 0.15) is 5.69 Å². The first-order valence-electron chi connectivity index (χ1n) is 4.83. The van der Waals surface area contributed by atoms with Gasteiger partial charge in [-0.05, 0) is 12.5 Å². The first-order valence-corrected chi connectivity index (χ1v) is 5.21. The van der Waals surface area contributed by atoms with Crippen molar-refractivity contribution < 1.29 is 14.4 Å². The van der Waals surface area contributed by atoms with E-state index >= 15 is 0 Å². The molecular formula is C11H11ClN2O3. The number of benzene rings is 1. The molecule has 17 heavy (non-hydrogen) atoms. The number of nitrogens with two attached hydrogens (primary N) is 1. The van der Waals surface area contributed by atoms with Crippen molar-refractivity contribution in [2.75, 3.05) is 12.8 Å². The molecule has 0 atom stereocenters. The third-order valence-corrected chi connectivity index (χ3v) is 2.84. The normalized spacial score (nSPS) is 10.5. The predicted octanol–water partition coefficient (Wildman–Crippen LogP) is 2.60. The Morgan fingerprint density at radius 3 is 2.71 bits per heavy atom. The van der Waals surface area contributed by atoms with Gasteiger partial charge in [0, 0.05) is 17.2 Å². The fraction of sp³-hybridized carbons (Fsp3) is 0.182. The summed E-state index contributed by atoms with van der Waals surface area (Å²) in [6, 6.07) is 2.96. The van der Waals surface area contributed by atoms with Crippen molar-refractivity contribution >= 4 is 17.5 Å². The molecule has 0 saturated carbocycles. The number of hydrogen-bond acceptors (Lipinski definition) is 5. The molecule has 3 N–H and O–H groups in total. The van der Waals surface area contributed by atoms with Gasteiger partial charge in [-0.1, -0.05) is 16.8 Å². The maximum atomic E-state index is 9.77. The maximum absolute atomic E-state index is 9.77. The average Bonchev–Trinajstić information content (AvgIpc) is 2.69. The van der Waals surface area contributed by atoms with Gasteiger partial charge in [-0.2, -0.15) is 0 Å². The second kappa shape index (κ2) is 4.18. The van der Waals surface area contributed by atoms with Crippen molar-refractivity contribution in [3.8, 4) is 22.8 Å². The molecule has 5 nitrogen and oxygen atoms in total. The summed E-state index contributed by atoms with van der Waals surface area (Å²) >= 11 is 6.00. The number of halogens is 1. The molecule has 0 spiro atoms. The number of ether oxygens (including phenoxy) is 1. The summed E-state index contributed by atoms with van der Waals surface area (Å²) in [5.74, 6) is 0.417. The molecule has 0 aliphatic carbocycles. The van der Waals surface area contributed by atoms with Crippen LogP contribution in [0.25, 0.3) is 11.3 Å². The average molecular weight is 255 g/mol. The van der Waals surface area contributed by atoms with Gasteiger partial charge >= 0.3 is 0 Å². The molecule has 0 fully saturated rings. The Labute approximate surface area is 103 Å². The van der Waals surface area contributed by atoms with Crippen LogP contribution in [0, 0.1) is 6.92 Å². The minimum Gasteiger partial charge on any atom is -0.504 e. The van der Waals surface area contributed by atoms with Gasteiger partial charge in [-0.15, -0.1) is 0 Å². The molecule has 0 radical (unpaired) electrons. The summed E-state index contributed by atoms with van der Waals surface area (Å²) < 4.78 is 9.95. The molecule has 0 aliphatic rings. The summed E-state index contributed by atoms with van der Waals surface area (Å²) in [5, 5.41) is 14.0. The van der Waals surface area contributed by atoms with Crippen LogP contribution < -0.4 is 10.5 Å². The lowest BCUT2D eigenvalue weighted by Crippen LogP contribution is -1.93. The second-order valence-corrected chi connectivity index (χ2v) is 3.93. The van der Waals surface area contributed by atoms with Crippen molar-refractivity contribution in [2.45, 2.75) is 6.92 Å². The number of phenols is 1. The van der Waals surface area contributed by atoms with E-state index < -0.39 is 0 Å². The molecule has 6 heteroatoms. The summed E-state index contributed by atoms with van der Waals surface area (Å²) in [6.45, 7) is 1.80. The Hall–Kier alpha value is -1.88. The minimum absolute atomic E-state index is 0.0559. The number of phenolic OH excluding ortho intramolecular Hbond substituents is 1. The molecule has 2 aromatic rings. The molecule has 0 saturated heterocycles. The maximum Gasteiger partial charge on any atom is 0.222 e. The van der Waals surface area contributed by atoms with Crippen LogP contribution in [0.3, 0.4) is 0 Å². The summed E-state index contributed by atoms with van der Waals surface area (Å²) in [7, 11) is 1.45. The van der Waals surface area contributed by atoms with Gasteiger partial charge in [-0.25, -0.2) is 0 Å². The zero-order valence-electron chi connectivity index (χ0n) is 9.32. The quantitative estimate of drug-likeness (QED) is 0.861. The highest BCUT2D eigenvalue weighted by molar-refractivity contribution is 6.32. The van der Waals surface area contributed by atoms with Crippen molar-refractivity contribution in [1.29, 1.82) is 0 Å². The Balaban J connectivity index is 2.74. The van der Waals surface area contributed by atoms with Gasteiger partial charge in [-0.3, -0.25) is 0 Å². The van der Waals surface area contributed by atoms with Crippen LogP contribution in [0.5, 0.6) is 11.5 Å². The molecule has 0 unspecified atom stereocenters. The number of aromatic nitrogens is 1. The number of aromatic hydroxyl groups is 1. The van der Waals surface area contributed by atoms with Gasteiger partial charge < -0.3 is 20.1 Å². The van der Waals surface area contributed by atoms with Gasteiger partial charge in [0.05, 0.1) is 12.7 Å². The first-order chi connectivity index (χ1) is 8.04. The standard InChI is InChI=1S/C11H11ClN2O3/c1-5-6(12)3-8(15)11(16-2)10(5)7-4-9(13)17-14-7/h3-4,15H,13H2,1-2H3. The lowest BCUT2D eigenvalue weighted by Gasteiger charge is -2.12.